The predicted molar refractivity (Wildman–Crippen MR) is 108 cm³/mol. The number of ketones is 1. The van der Waals surface area contributed by atoms with Gasteiger partial charge < -0.3 is 18.8 Å². The minimum Gasteiger partial charge on any atom is -0.493 e. The van der Waals surface area contributed by atoms with Crippen molar-refractivity contribution in [3.63, 3.8) is 0 Å². The first-order valence-corrected chi connectivity index (χ1v) is 8.65. The number of nitriles is 1. The van der Waals surface area contributed by atoms with E-state index < -0.39 is 0 Å². The first-order chi connectivity index (χ1) is 13.4. The van der Waals surface area contributed by atoms with Crippen LogP contribution in [0.1, 0.15) is 27.3 Å². The number of carbonyl (C=O) groups is 1. The summed E-state index contributed by atoms with van der Waals surface area (Å²) in [6.07, 6.45) is 3.29. The van der Waals surface area contributed by atoms with Crippen LogP contribution in [0, 0.1) is 25.2 Å². The quantitative estimate of drug-likeness (QED) is 0.298. The van der Waals surface area contributed by atoms with Crippen LogP contribution in [0.15, 0.2) is 36.4 Å². The van der Waals surface area contributed by atoms with Gasteiger partial charge in [-0.2, -0.15) is 5.26 Å². The van der Waals surface area contributed by atoms with Gasteiger partial charge in [-0.25, -0.2) is 0 Å². The van der Waals surface area contributed by atoms with Crippen molar-refractivity contribution in [2.45, 2.75) is 20.4 Å². The Morgan fingerprint density at radius 3 is 2.21 bits per heavy atom. The second-order valence-electron chi connectivity index (χ2n) is 6.14. The van der Waals surface area contributed by atoms with Crippen molar-refractivity contribution < 1.29 is 19.0 Å². The number of allylic oxidation sites excluding steroid dienone is 2. The third kappa shape index (κ3) is 3.94. The van der Waals surface area contributed by atoms with E-state index in [1.54, 1.807) is 24.3 Å². The molecule has 2 aromatic rings. The van der Waals surface area contributed by atoms with Crippen molar-refractivity contribution in [3.05, 3.63) is 58.9 Å². The molecule has 2 rings (SSSR count). The van der Waals surface area contributed by atoms with Crippen LogP contribution in [0.2, 0.25) is 0 Å². The lowest BCUT2D eigenvalue weighted by atomic mass is 10.0. The molecule has 0 unspecified atom stereocenters. The molecule has 1 aromatic carbocycles. The van der Waals surface area contributed by atoms with Crippen molar-refractivity contribution in [1.82, 2.24) is 4.57 Å². The topological polar surface area (TPSA) is 73.5 Å². The molecular formula is C22H24N2O4. The molecule has 0 atom stereocenters. The average molecular weight is 380 g/mol. The third-order valence-corrected chi connectivity index (χ3v) is 4.49. The normalized spacial score (nSPS) is 10.9. The summed E-state index contributed by atoms with van der Waals surface area (Å²) in [5, 5.41) is 9.59. The van der Waals surface area contributed by atoms with Crippen LogP contribution < -0.4 is 14.2 Å². The van der Waals surface area contributed by atoms with Crippen LogP contribution in [0.5, 0.6) is 17.2 Å². The van der Waals surface area contributed by atoms with E-state index in [0.29, 0.717) is 34.9 Å². The van der Waals surface area contributed by atoms with Gasteiger partial charge in [-0.3, -0.25) is 4.79 Å². The maximum Gasteiger partial charge on any atom is 0.205 e. The van der Waals surface area contributed by atoms with Crippen LogP contribution in [0.25, 0.3) is 6.08 Å². The summed E-state index contributed by atoms with van der Waals surface area (Å²) in [4.78, 5) is 13.0. The van der Waals surface area contributed by atoms with Gasteiger partial charge in [-0.15, -0.1) is 6.58 Å². The molecule has 0 aliphatic rings. The van der Waals surface area contributed by atoms with Gasteiger partial charge in [0.1, 0.15) is 11.6 Å². The molecule has 1 aromatic heterocycles. The van der Waals surface area contributed by atoms with Gasteiger partial charge >= 0.3 is 0 Å². The lowest BCUT2D eigenvalue weighted by Crippen LogP contribution is -2.06. The summed E-state index contributed by atoms with van der Waals surface area (Å²) < 4.78 is 17.9. The van der Waals surface area contributed by atoms with E-state index in [2.05, 4.69) is 6.58 Å². The molecule has 0 amide bonds. The number of carbonyl (C=O) groups excluding carboxylic acids is 1. The predicted octanol–water partition coefficient (Wildman–Crippen LogP) is 4.11. The van der Waals surface area contributed by atoms with Gasteiger partial charge in [0.15, 0.2) is 11.5 Å². The summed E-state index contributed by atoms with van der Waals surface area (Å²) >= 11 is 0. The molecule has 0 N–H and O–H groups in total. The first kappa shape index (κ1) is 20.8. The lowest BCUT2D eigenvalue weighted by molar-refractivity contribution is 0.103. The fourth-order valence-electron chi connectivity index (χ4n) is 3.09. The summed E-state index contributed by atoms with van der Waals surface area (Å²) in [5.74, 6) is 1.00. The van der Waals surface area contributed by atoms with E-state index in [-0.39, 0.29) is 11.4 Å². The van der Waals surface area contributed by atoms with Crippen LogP contribution in [-0.4, -0.2) is 31.7 Å². The zero-order chi connectivity index (χ0) is 20.8. The van der Waals surface area contributed by atoms with E-state index in [1.165, 1.54) is 27.4 Å². The summed E-state index contributed by atoms with van der Waals surface area (Å²) in [6.45, 7) is 8.12. The highest BCUT2D eigenvalue weighted by Gasteiger charge is 2.20. The van der Waals surface area contributed by atoms with Gasteiger partial charge in [0.05, 0.1) is 21.3 Å². The zero-order valence-electron chi connectivity index (χ0n) is 16.8. The maximum atomic E-state index is 13.0. The number of aromatic nitrogens is 1. The number of Topliss-reactive ketones (excluding diaryl/α,β-unsaturated/α-hetero) is 1. The summed E-state index contributed by atoms with van der Waals surface area (Å²) in [7, 11) is 4.53. The molecule has 0 saturated heterocycles. The van der Waals surface area contributed by atoms with Crippen molar-refractivity contribution in [1.29, 1.82) is 5.26 Å². The highest BCUT2D eigenvalue weighted by molar-refractivity contribution is 6.14. The van der Waals surface area contributed by atoms with E-state index in [0.717, 1.165) is 11.4 Å². The van der Waals surface area contributed by atoms with Gasteiger partial charge in [0, 0.05) is 23.5 Å². The molecule has 28 heavy (non-hydrogen) atoms. The van der Waals surface area contributed by atoms with E-state index in [4.69, 9.17) is 14.2 Å². The minimum atomic E-state index is -0.334. The van der Waals surface area contributed by atoms with Crippen molar-refractivity contribution >= 4 is 11.9 Å². The molecule has 6 heteroatoms. The lowest BCUT2D eigenvalue weighted by Gasteiger charge is -2.13. The Hall–Kier alpha value is -3.46. The van der Waals surface area contributed by atoms with Crippen LogP contribution in [0.4, 0.5) is 0 Å². The van der Waals surface area contributed by atoms with Gasteiger partial charge in [-0.05, 0) is 43.7 Å². The summed E-state index contributed by atoms with van der Waals surface area (Å²) in [5.41, 5.74) is 2.85. The van der Waals surface area contributed by atoms with Crippen LogP contribution >= 0.6 is 0 Å². The number of rotatable bonds is 8. The molecule has 146 valence electrons. The number of methoxy groups -OCH3 is 3. The smallest absolute Gasteiger partial charge is 0.205 e. The number of nitrogens with zero attached hydrogens (tertiary/aromatic N) is 2. The molecular weight excluding hydrogens is 356 g/mol. The van der Waals surface area contributed by atoms with Crippen molar-refractivity contribution in [3.8, 4) is 23.3 Å². The monoisotopic (exact) mass is 380 g/mol. The van der Waals surface area contributed by atoms with Gasteiger partial charge in [0.2, 0.25) is 11.5 Å². The van der Waals surface area contributed by atoms with Crippen LogP contribution in [0.3, 0.4) is 0 Å². The Kier molecular flexibility index (Phi) is 6.67. The number of aryl methyl sites for hydroxylation is 1. The Bertz CT molecular complexity index is 952. The summed E-state index contributed by atoms with van der Waals surface area (Å²) in [6, 6.07) is 7.18. The van der Waals surface area contributed by atoms with Gasteiger partial charge in [0.25, 0.3) is 0 Å². The molecule has 1 heterocycles. The second kappa shape index (κ2) is 8.96. The van der Waals surface area contributed by atoms with Crippen molar-refractivity contribution in [2.24, 2.45) is 0 Å². The van der Waals surface area contributed by atoms with Gasteiger partial charge in [-0.1, -0.05) is 6.08 Å². The second-order valence-corrected chi connectivity index (χ2v) is 6.14. The average Bonchev–Trinajstić information content (AvgIpc) is 2.99. The minimum absolute atomic E-state index is 0.0214. The first-order valence-electron chi connectivity index (χ1n) is 8.65. The Morgan fingerprint density at radius 2 is 1.75 bits per heavy atom. The molecule has 0 radical (unpaired) electrons. The molecule has 0 aliphatic carbocycles. The SMILES string of the molecule is C=CCn1c(C)cc(C(=O)/C(C#N)=C/c2cc(OC)c(OC)c(OC)c2)c1C. The highest BCUT2D eigenvalue weighted by atomic mass is 16.5. The zero-order valence-corrected chi connectivity index (χ0v) is 16.8. The maximum absolute atomic E-state index is 13.0. The number of benzene rings is 1. The Labute approximate surface area is 165 Å². The largest absolute Gasteiger partial charge is 0.493 e. The molecule has 6 nitrogen and oxygen atoms in total. The molecule has 0 aliphatic heterocycles. The third-order valence-electron chi connectivity index (χ3n) is 4.49. The fraction of sp³-hybridized carbons (Fsp3) is 0.273. The fourth-order valence-corrected chi connectivity index (χ4v) is 3.09. The molecule has 0 spiro atoms. The molecule has 0 bridgehead atoms. The standard InChI is InChI=1S/C22H24N2O4/c1-7-8-24-14(2)9-18(15(24)3)21(25)17(13-23)10-16-11-19(26-4)22(28-6)20(12-16)27-5/h7,9-12H,1,8H2,2-6H3/b17-10+. The number of hydrogen-bond donors (Lipinski definition) is 0. The number of ether oxygens (including phenoxy) is 3. The van der Waals surface area contributed by atoms with E-state index in [1.807, 2.05) is 24.5 Å². The number of hydrogen-bond acceptors (Lipinski definition) is 5. The highest BCUT2D eigenvalue weighted by Crippen LogP contribution is 2.38. The Balaban J connectivity index is 2.53. The van der Waals surface area contributed by atoms with Crippen molar-refractivity contribution in [2.75, 3.05) is 21.3 Å². The Morgan fingerprint density at radius 1 is 1.14 bits per heavy atom. The van der Waals surface area contributed by atoms with E-state index >= 15 is 0 Å². The van der Waals surface area contributed by atoms with E-state index in [9.17, 15) is 10.1 Å². The van der Waals surface area contributed by atoms with Crippen LogP contribution in [-0.2, 0) is 6.54 Å². The molecule has 0 fully saturated rings. The molecule has 0 saturated carbocycles.